The molecule has 5 heteroatoms. The Bertz CT molecular complexity index is 1510. The third-order valence-corrected chi connectivity index (χ3v) is 8.20. The van der Waals surface area contributed by atoms with Crippen molar-refractivity contribution in [2.45, 2.75) is 65.3 Å². The van der Waals surface area contributed by atoms with Crippen LogP contribution in [0, 0.1) is 0 Å². The lowest BCUT2D eigenvalue weighted by atomic mass is 9.88. The van der Waals surface area contributed by atoms with Gasteiger partial charge in [-0.25, -0.2) is 0 Å². The number of anilines is 1. The van der Waals surface area contributed by atoms with E-state index >= 15 is 0 Å². The van der Waals surface area contributed by atoms with E-state index in [-0.39, 0.29) is 6.79 Å². The Labute approximate surface area is 231 Å². The molecular weight excluding hydrogens is 484 g/mol. The molecule has 3 aromatic carbocycles. The predicted octanol–water partition coefficient (Wildman–Crippen LogP) is 7.40. The van der Waals surface area contributed by atoms with Crippen LogP contribution in [-0.4, -0.2) is 20.4 Å². The fourth-order valence-corrected chi connectivity index (χ4v) is 6.01. The molecule has 0 saturated heterocycles. The van der Waals surface area contributed by atoms with Gasteiger partial charge in [-0.15, -0.1) is 0 Å². The van der Waals surface area contributed by atoms with E-state index in [4.69, 9.17) is 14.2 Å². The number of unbranched alkanes of at least 4 members (excludes halogenated alkanes) is 2. The summed E-state index contributed by atoms with van der Waals surface area (Å²) >= 11 is 0. The summed E-state index contributed by atoms with van der Waals surface area (Å²) in [4.78, 5) is 0. The fraction of sp³-hybridized carbons (Fsp3) is 0.382. The van der Waals surface area contributed by atoms with Crippen molar-refractivity contribution in [3.63, 3.8) is 0 Å². The molecule has 6 rings (SSSR count). The zero-order valence-corrected chi connectivity index (χ0v) is 23.6. The number of methoxy groups -OCH3 is 1. The SMILES string of the molecule is CCCCCNc1c(OC)ccc2c(Cc3ccc(C(C)C)cc3)c3[n+](cc12)CCc1cc2c(cc1-3)OCO2. The lowest BCUT2D eigenvalue weighted by molar-refractivity contribution is -0.686. The topological polar surface area (TPSA) is 43.6 Å². The van der Waals surface area contributed by atoms with Crippen molar-refractivity contribution in [2.75, 3.05) is 25.8 Å². The second kappa shape index (κ2) is 10.8. The van der Waals surface area contributed by atoms with E-state index < -0.39 is 0 Å². The molecule has 39 heavy (non-hydrogen) atoms. The van der Waals surface area contributed by atoms with Crippen molar-refractivity contribution in [3.8, 4) is 28.5 Å². The summed E-state index contributed by atoms with van der Waals surface area (Å²) < 4.78 is 19.8. The summed E-state index contributed by atoms with van der Waals surface area (Å²) in [6.07, 6.45) is 7.70. The molecule has 1 aromatic heterocycles. The minimum absolute atomic E-state index is 0.290. The Morgan fingerprint density at radius 3 is 2.51 bits per heavy atom. The molecule has 4 aromatic rings. The summed E-state index contributed by atoms with van der Waals surface area (Å²) in [7, 11) is 1.76. The van der Waals surface area contributed by atoms with Crippen LogP contribution in [0.25, 0.3) is 22.0 Å². The van der Waals surface area contributed by atoms with E-state index in [1.54, 1.807) is 7.11 Å². The molecule has 0 aliphatic carbocycles. The third kappa shape index (κ3) is 4.80. The molecule has 0 atom stereocenters. The first-order valence-corrected chi connectivity index (χ1v) is 14.4. The summed E-state index contributed by atoms with van der Waals surface area (Å²) in [6.45, 7) is 8.88. The molecule has 0 spiro atoms. The maximum absolute atomic E-state index is 5.85. The average molecular weight is 524 g/mol. The van der Waals surface area contributed by atoms with Gasteiger partial charge >= 0.3 is 0 Å². The highest BCUT2D eigenvalue weighted by atomic mass is 16.7. The van der Waals surface area contributed by atoms with Crippen LogP contribution in [0.3, 0.4) is 0 Å². The van der Waals surface area contributed by atoms with E-state index in [0.717, 1.165) is 55.3 Å². The smallest absolute Gasteiger partial charge is 0.231 e. The molecule has 202 valence electrons. The van der Waals surface area contributed by atoms with Crippen molar-refractivity contribution in [3.05, 3.63) is 77.0 Å². The van der Waals surface area contributed by atoms with Crippen molar-refractivity contribution >= 4 is 16.5 Å². The molecule has 0 amide bonds. The Hall–Kier alpha value is -3.73. The highest BCUT2D eigenvalue weighted by Gasteiger charge is 2.32. The average Bonchev–Trinajstić information content (AvgIpc) is 3.41. The van der Waals surface area contributed by atoms with Crippen LogP contribution in [0.4, 0.5) is 5.69 Å². The van der Waals surface area contributed by atoms with Crippen molar-refractivity contribution in [2.24, 2.45) is 0 Å². The number of nitrogens with one attached hydrogen (secondary N) is 1. The van der Waals surface area contributed by atoms with Crippen LogP contribution in [0.2, 0.25) is 0 Å². The number of hydrogen-bond donors (Lipinski definition) is 1. The zero-order valence-electron chi connectivity index (χ0n) is 23.6. The van der Waals surface area contributed by atoms with Gasteiger partial charge in [0, 0.05) is 30.3 Å². The van der Waals surface area contributed by atoms with Crippen molar-refractivity contribution < 1.29 is 18.8 Å². The molecule has 2 aliphatic heterocycles. The first-order chi connectivity index (χ1) is 19.1. The van der Waals surface area contributed by atoms with E-state index in [1.807, 2.05) is 0 Å². The van der Waals surface area contributed by atoms with Crippen LogP contribution in [0.5, 0.6) is 17.2 Å². The molecule has 0 radical (unpaired) electrons. The van der Waals surface area contributed by atoms with Crippen molar-refractivity contribution in [1.82, 2.24) is 0 Å². The summed E-state index contributed by atoms with van der Waals surface area (Å²) in [6, 6.07) is 17.9. The van der Waals surface area contributed by atoms with Crippen molar-refractivity contribution in [1.29, 1.82) is 0 Å². The van der Waals surface area contributed by atoms with E-state index in [2.05, 4.69) is 85.4 Å². The Morgan fingerprint density at radius 1 is 0.974 bits per heavy atom. The van der Waals surface area contributed by atoms with Crippen LogP contribution < -0.4 is 24.1 Å². The molecule has 1 N–H and O–H groups in total. The van der Waals surface area contributed by atoms with Gasteiger partial charge in [0.05, 0.1) is 23.7 Å². The molecule has 5 nitrogen and oxygen atoms in total. The lowest BCUT2D eigenvalue weighted by Gasteiger charge is -2.22. The van der Waals surface area contributed by atoms with E-state index in [9.17, 15) is 0 Å². The number of benzene rings is 3. The number of fused-ring (bicyclic) bond motifs is 5. The van der Waals surface area contributed by atoms with Gasteiger partial charge in [-0.3, -0.25) is 0 Å². The fourth-order valence-electron chi connectivity index (χ4n) is 6.01. The van der Waals surface area contributed by atoms with Crippen LogP contribution in [-0.2, 0) is 19.4 Å². The van der Waals surface area contributed by atoms with Gasteiger partial charge in [-0.1, -0.05) is 57.9 Å². The maximum atomic E-state index is 5.85. The lowest BCUT2D eigenvalue weighted by Crippen LogP contribution is -2.41. The van der Waals surface area contributed by atoms with Gasteiger partial charge in [0.15, 0.2) is 24.2 Å². The van der Waals surface area contributed by atoms with Gasteiger partial charge < -0.3 is 19.5 Å². The highest BCUT2D eigenvalue weighted by Crippen LogP contribution is 2.43. The third-order valence-electron chi connectivity index (χ3n) is 8.20. The number of hydrogen-bond acceptors (Lipinski definition) is 4. The maximum Gasteiger partial charge on any atom is 0.231 e. The molecule has 0 fully saturated rings. The van der Waals surface area contributed by atoms with Crippen LogP contribution >= 0.6 is 0 Å². The first-order valence-electron chi connectivity index (χ1n) is 14.4. The zero-order chi connectivity index (χ0) is 26.9. The Kier molecular flexibility index (Phi) is 7.07. The monoisotopic (exact) mass is 523 g/mol. The van der Waals surface area contributed by atoms with Gasteiger partial charge in [0.25, 0.3) is 0 Å². The molecule has 0 bridgehead atoms. The minimum atomic E-state index is 0.290. The Balaban J connectivity index is 1.54. The second-order valence-corrected chi connectivity index (χ2v) is 11.1. The van der Waals surface area contributed by atoms with E-state index in [0.29, 0.717) is 5.92 Å². The number of aromatic nitrogens is 1. The van der Waals surface area contributed by atoms with Crippen LogP contribution in [0.1, 0.15) is 68.2 Å². The summed E-state index contributed by atoms with van der Waals surface area (Å²) in [5.41, 5.74) is 8.96. The normalized spacial score (nSPS) is 13.5. The number of pyridine rings is 1. The van der Waals surface area contributed by atoms with Gasteiger partial charge in [0.1, 0.15) is 5.75 Å². The molecule has 0 saturated carbocycles. The predicted molar refractivity (Wildman–Crippen MR) is 157 cm³/mol. The quantitative estimate of drug-likeness (QED) is 0.183. The summed E-state index contributed by atoms with van der Waals surface area (Å²) in [5.74, 6) is 3.11. The van der Waals surface area contributed by atoms with Gasteiger partial charge in [0.2, 0.25) is 12.5 Å². The first kappa shape index (κ1) is 25.5. The molecular formula is C34H39N2O3+. The molecule has 0 unspecified atom stereocenters. The second-order valence-electron chi connectivity index (χ2n) is 11.1. The van der Waals surface area contributed by atoms with Gasteiger partial charge in [-0.05, 0) is 53.3 Å². The standard InChI is InChI=1S/C34H38N2O3/c1-5-6-7-15-35-33-29-20-36-16-14-25-18-31-32(39-21-38-31)19-27(25)34(36)28(26(29)12-13-30(33)37-4)17-23-8-10-24(11-9-23)22(2)3/h8-13,18-20,22H,5-7,14-17,21H2,1-4H3/p+1. The number of ether oxygens (including phenoxy) is 3. The minimum Gasteiger partial charge on any atom is -0.495 e. The molecule has 3 heterocycles. The number of aryl methyl sites for hydroxylation is 2. The number of nitrogens with zero attached hydrogens (tertiary/aromatic N) is 1. The highest BCUT2D eigenvalue weighted by molar-refractivity contribution is 6.00. The Morgan fingerprint density at radius 2 is 1.77 bits per heavy atom. The summed E-state index contributed by atoms with van der Waals surface area (Å²) in [5, 5.41) is 6.22. The molecule has 2 aliphatic rings. The van der Waals surface area contributed by atoms with Gasteiger partial charge in [-0.2, -0.15) is 4.57 Å². The largest absolute Gasteiger partial charge is 0.495 e. The number of rotatable bonds is 9. The van der Waals surface area contributed by atoms with Crippen LogP contribution in [0.15, 0.2) is 54.7 Å². The van der Waals surface area contributed by atoms with E-state index in [1.165, 1.54) is 57.1 Å².